The van der Waals surface area contributed by atoms with Gasteiger partial charge in [-0.15, -0.1) is 0 Å². The Kier molecular flexibility index (Phi) is 6.40. The number of carboxylic acid groups (broad SMARTS) is 1. The summed E-state index contributed by atoms with van der Waals surface area (Å²) in [5.74, 6) is -7.05. The Morgan fingerprint density at radius 1 is 1.24 bits per heavy atom. The molecule has 0 radical (unpaired) electrons. The van der Waals surface area contributed by atoms with E-state index in [0.29, 0.717) is 5.69 Å². The third-order valence-corrected chi connectivity index (χ3v) is 7.98. The van der Waals surface area contributed by atoms with Crippen LogP contribution in [-0.4, -0.2) is 50.9 Å². The molecule has 0 aliphatic carbocycles. The van der Waals surface area contributed by atoms with Gasteiger partial charge in [0.1, 0.15) is 5.54 Å². The molecule has 3 N–H and O–H groups in total. The van der Waals surface area contributed by atoms with Crippen molar-refractivity contribution < 1.29 is 28.3 Å². The van der Waals surface area contributed by atoms with E-state index in [1.165, 1.54) is 19.1 Å². The van der Waals surface area contributed by atoms with Crippen molar-refractivity contribution in [1.29, 1.82) is 0 Å². The SMILES string of the molecule is C[C@@H](C(=O)Nc1ccc2c(ccn2C)c1)[C@H]1CC(F)(F)CN1[C@@]1(CC(=O)O)C(=O)Nc2c(Cl)cc(Cl)cc21. The van der Waals surface area contributed by atoms with Gasteiger partial charge in [0.15, 0.2) is 0 Å². The number of fused-ring (bicyclic) bond motifs is 2. The van der Waals surface area contributed by atoms with E-state index in [-0.39, 0.29) is 21.3 Å². The summed E-state index contributed by atoms with van der Waals surface area (Å²) < 4.78 is 31.9. The number of likely N-dealkylation sites (tertiary alicyclic amines) is 1. The first-order valence-corrected chi connectivity index (χ1v) is 12.6. The number of carbonyl (C=O) groups excluding carboxylic acids is 2. The lowest BCUT2D eigenvalue weighted by molar-refractivity contribution is -0.147. The lowest BCUT2D eigenvalue weighted by Crippen LogP contribution is -2.57. The van der Waals surface area contributed by atoms with Gasteiger partial charge < -0.3 is 20.3 Å². The van der Waals surface area contributed by atoms with Gasteiger partial charge in [0.25, 0.3) is 5.92 Å². The Morgan fingerprint density at radius 3 is 2.68 bits per heavy atom. The molecule has 2 aromatic carbocycles. The predicted octanol–water partition coefficient (Wildman–Crippen LogP) is 5.09. The van der Waals surface area contributed by atoms with Crippen molar-refractivity contribution in [3.05, 3.63) is 58.2 Å². The molecule has 0 bridgehead atoms. The Morgan fingerprint density at radius 2 is 1.97 bits per heavy atom. The summed E-state index contributed by atoms with van der Waals surface area (Å²) >= 11 is 12.5. The van der Waals surface area contributed by atoms with Crippen LogP contribution < -0.4 is 10.6 Å². The maximum atomic E-state index is 15.0. The summed E-state index contributed by atoms with van der Waals surface area (Å²) in [6.45, 7) is 0.568. The molecule has 38 heavy (non-hydrogen) atoms. The van der Waals surface area contributed by atoms with Gasteiger partial charge in [-0.25, -0.2) is 8.78 Å². The number of alkyl halides is 2. The number of aliphatic carboxylic acids is 1. The number of carbonyl (C=O) groups is 3. The van der Waals surface area contributed by atoms with Crippen LogP contribution in [0.4, 0.5) is 20.2 Å². The van der Waals surface area contributed by atoms with E-state index in [1.807, 2.05) is 29.9 Å². The third-order valence-electron chi connectivity index (χ3n) is 7.47. The number of amides is 2. The smallest absolute Gasteiger partial charge is 0.306 e. The van der Waals surface area contributed by atoms with Crippen LogP contribution in [0.25, 0.3) is 10.9 Å². The Balaban J connectivity index is 1.53. The van der Waals surface area contributed by atoms with Gasteiger partial charge in [-0.1, -0.05) is 30.1 Å². The molecule has 0 unspecified atom stereocenters. The molecule has 2 aliphatic rings. The molecule has 1 fully saturated rings. The minimum atomic E-state index is -3.28. The Hall–Kier alpha value is -3.21. The van der Waals surface area contributed by atoms with Gasteiger partial charge in [-0.3, -0.25) is 19.3 Å². The van der Waals surface area contributed by atoms with E-state index in [9.17, 15) is 28.3 Å². The maximum absolute atomic E-state index is 15.0. The van der Waals surface area contributed by atoms with Crippen molar-refractivity contribution in [3.8, 4) is 0 Å². The second-order valence-electron chi connectivity index (χ2n) is 9.93. The fourth-order valence-electron chi connectivity index (χ4n) is 5.65. The molecule has 2 aliphatic heterocycles. The topological polar surface area (TPSA) is 104 Å². The normalized spacial score (nSPS) is 23.3. The molecule has 3 aromatic rings. The monoisotopic (exact) mass is 564 g/mol. The molecule has 2 amide bonds. The average Bonchev–Trinajstić information content (AvgIpc) is 3.45. The number of anilines is 2. The predicted molar refractivity (Wildman–Crippen MR) is 140 cm³/mol. The fraction of sp³-hybridized carbons (Fsp3) is 0.346. The van der Waals surface area contributed by atoms with Gasteiger partial charge in [0.2, 0.25) is 11.8 Å². The number of nitrogens with zero attached hydrogens (tertiary/aromatic N) is 2. The van der Waals surface area contributed by atoms with E-state index >= 15 is 0 Å². The summed E-state index contributed by atoms with van der Waals surface area (Å²) in [7, 11) is 1.89. The number of aryl methyl sites for hydroxylation is 1. The van der Waals surface area contributed by atoms with Crippen LogP contribution in [0.2, 0.25) is 10.0 Å². The highest BCUT2D eigenvalue weighted by Gasteiger charge is 2.62. The first-order valence-electron chi connectivity index (χ1n) is 11.9. The molecular formula is C26H24Cl2F2N4O4. The Labute approximate surface area is 226 Å². The number of hydrogen-bond acceptors (Lipinski definition) is 4. The zero-order valence-corrected chi connectivity index (χ0v) is 21.9. The van der Waals surface area contributed by atoms with Crippen molar-refractivity contribution in [1.82, 2.24) is 9.47 Å². The van der Waals surface area contributed by atoms with Crippen molar-refractivity contribution in [2.45, 2.75) is 37.3 Å². The molecular weight excluding hydrogens is 541 g/mol. The standard InChI is InChI=1S/C26H24Cl2F2N4O4/c1-13(23(37)31-16-3-4-19-14(7-16)5-6-33(19)2)20-10-25(29,30)12-34(20)26(11-21(35)36)17-8-15(27)9-18(28)22(17)32-24(26)38/h3-9,13,20H,10-12H2,1-2H3,(H,31,37)(H,32,38)(H,35,36)/t13-,20-,26-/m1/s1. The van der Waals surface area contributed by atoms with E-state index < -0.39 is 60.6 Å². The molecule has 0 spiro atoms. The number of aromatic nitrogens is 1. The van der Waals surface area contributed by atoms with Crippen molar-refractivity contribution in [3.63, 3.8) is 0 Å². The summed E-state index contributed by atoms with van der Waals surface area (Å²) in [6, 6.07) is 8.77. The van der Waals surface area contributed by atoms with E-state index in [4.69, 9.17) is 23.2 Å². The fourth-order valence-corrected chi connectivity index (χ4v) is 6.19. The van der Waals surface area contributed by atoms with E-state index in [2.05, 4.69) is 10.6 Å². The number of rotatable bonds is 6. The van der Waals surface area contributed by atoms with Gasteiger partial charge in [-0.2, -0.15) is 0 Å². The summed E-state index contributed by atoms with van der Waals surface area (Å²) in [4.78, 5) is 39.9. The lowest BCUT2D eigenvalue weighted by atomic mass is 9.83. The molecule has 3 atom stereocenters. The number of carboxylic acids is 1. The van der Waals surface area contributed by atoms with Crippen LogP contribution in [0.3, 0.4) is 0 Å². The quantitative estimate of drug-likeness (QED) is 0.387. The molecule has 8 nitrogen and oxygen atoms in total. The highest BCUT2D eigenvalue weighted by Crippen LogP contribution is 2.52. The Bertz CT molecular complexity index is 1490. The van der Waals surface area contributed by atoms with Crippen LogP contribution in [-0.2, 0) is 27.0 Å². The number of hydrogen-bond donors (Lipinski definition) is 3. The van der Waals surface area contributed by atoms with Gasteiger partial charge >= 0.3 is 5.97 Å². The molecule has 3 heterocycles. The molecule has 1 saturated heterocycles. The maximum Gasteiger partial charge on any atom is 0.306 e. The molecule has 0 saturated carbocycles. The second kappa shape index (κ2) is 9.21. The molecule has 1 aromatic heterocycles. The molecule has 200 valence electrons. The van der Waals surface area contributed by atoms with Crippen molar-refractivity contribution >= 4 is 63.3 Å². The zero-order valence-electron chi connectivity index (χ0n) is 20.4. The largest absolute Gasteiger partial charge is 0.481 e. The summed E-state index contributed by atoms with van der Waals surface area (Å²) in [5.41, 5.74) is -0.398. The van der Waals surface area contributed by atoms with E-state index in [0.717, 1.165) is 15.8 Å². The van der Waals surface area contributed by atoms with Crippen LogP contribution in [0, 0.1) is 5.92 Å². The number of benzene rings is 2. The van der Waals surface area contributed by atoms with Gasteiger partial charge in [-0.05, 0) is 36.4 Å². The average molecular weight is 565 g/mol. The first-order chi connectivity index (χ1) is 17.8. The van der Waals surface area contributed by atoms with E-state index in [1.54, 1.807) is 12.1 Å². The number of halogens is 4. The number of nitrogens with one attached hydrogen (secondary N) is 2. The third kappa shape index (κ3) is 4.30. The second-order valence-corrected chi connectivity index (χ2v) is 10.8. The van der Waals surface area contributed by atoms with Gasteiger partial charge in [0, 0.05) is 52.9 Å². The first kappa shape index (κ1) is 26.4. The van der Waals surface area contributed by atoms with Crippen LogP contribution >= 0.6 is 23.2 Å². The van der Waals surface area contributed by atoms with Gasteiger partial charge in [0.05, 0.1) is 29.6 Å². The zero-order chi connectivity index (χ0) is 27.6. The minimum Gasteiger partial charge on any atom is -0.481 e. The summed E-state index contributed by atoms with van der Waals surface area (Å²) in [5, 5.41) is 16.2. The van der Waals surface area contributed by atoms with Crippen LogP contribution in [0.1, 0.15) is 25.3 Å². The highest BCUT2D eigenvalue weighted by molar-refractivity contribution is 6.38. The minimum absolute atomic E-state index is 0.0534. The molecule has 12 heteroatoms. The highest BCUT2D eigenvalue weighted by atomic mass is 35.5. The lowest BCUT2D eigenvalue weighted by Gasteiger charge is -2.41. The molecule has 5 rings (SSSR count). The van der Waals surface area contributed by atoms with Crippen LogP contribution in [0.15, 0.2) is 42.6 Å². The summed E-state index contributed by atoms with van der Waals surface area (Å²) in [6.07, 6.45) is 0.313. The van der Waals surface area contributed by atoms with Crippen LogP contribution in [0.5, 0.6) is 0 Å². The van der Waals surface area contributed by atoms with Crippen molar-refractivity contribution in [2.75, 3.05) is 17.2 Å². The van der Waals surface area contributed by atoms with Crippen molar-refractivity contribution in [2.24, 2.45) is 13.0 Å².